The topological polar surface area (TPSA) is 46.6 Å². The molecular weight excluding hydrogens is 321 g/mol. The highest BCUT2D eigenvalue weighted by molar-refractivity contribution is 6.31. The predicted molar refractivity (Wildman–Crippen MR) is 86.1 cm³/mol. The molecule has 1 amide bonds. The lowest BCUT2D eigenvalue weighted by atomic mass is 10.1. The summed E-state index contributed by atoms with van der Waals surface area (Å²) in [6.07, 6.45) is 0. The van der Waals surface area contributed by atoms with Crippen LogP contribution in [0.15, 0.2) is 48.5 Å². The van der Waals surface area contributed by atoms with Gasteiger partial charge < -0.3 is 4.74 Å². The number of esters is 1. The molecule has 0 unspecified atom stereocenters. The number of nitrogens with zero attached hydrogens (tertiary/aromatic N) is 1. The van der Waals surface area contributed by atoms with Crippen molar-refractivity contribution in [1.82, 2.24) is 0 Å². The molecule has 0 bridgehead atoms. The average Bonchev–Trinajstić information content (AvgIpc) is 2.58. The van der Waals surface area contributed by atoms with E-state index in [0.717, 1.165) is 6.07 Å². The lowest BCUT2D eigenvalue weighted by Gasteiger charge is -2.28. The third kappa shape index (κ3) is 3.68. The van der Waals surface area contributed by atoms with Crippen LogP contribution in [0.3, 0.4) is 0 Å². The summed E-state index contributed by atoms with van der Waals surface area (Å²) in [5.74, 6) is -1.60. The summed E-state index contributed by atoms with van der Waals surface area (Å²) in [4.78, 5) is 25.9. The van der Waals surface area contributed by atoms with E-state index in [1.807, 2.05) is 0 Å². The van der Waals surface area contributed by atoms with Gasteiger partial charge in [0, 0.05) is 11.3 Å². The SMILES string of the molecule is COC(=O)[C@H](C)N(C(=O)c1ccccc1)c1ccc(F)c(Cl)c1. The highest BCUT2D eigenvalue weighted by Gasteiger charge is 2.29. The zero-order chi connectivity index (χ0) is 17.0. The maximum Gasteiger partial charge on any atom is 0.328 e. The van der Waals surface area contributed by atoms with Crippen LogP contribution in [0.2, 0.25) is 5.02 Å². The van der Waals surface area contributed by atoms with Gasteiger partial charge in [-0.05, 0) is 37.3 Å². The molecule has 0 spiro atoms. The molecule has 6 heteroatoms. The number of carbonyl (C=O) groups excluding carboxylic acids is 2. The highest BCUT2D eigenvalue weighted by Crippen LogP contribution is 2.26. The molecule has 0 N–H and O–H groups in total. The van der Waals surface area contributed by atoms with E-state index >= 15 is 0 Å². The van der Waals surface area contributed by atoms with Gasteiger partial charge in [-0.1, -0.05) is 29.8 Å². The van der Waals surface area contributed by atoms with Crippen LogP contribution in [0.25, 0.3) is 0 Å². The summed E-state index contributed by atoms with van der Waals surface area (Å²) >= 11 is 5.80. The van der Waals surface area contributed by atoms with Gasteiger partial charge in [0.1, 0.15) is 11.9 Å². The Morgan fingerprint density at radius 3 is 2.39 bits per heavy atom. The Kier molecular flexibility index (Phi) is 5.34. The quantitative estimate of drug-likeness (QED) is 0.801. The summed E-state index contributed by atoms with van der Waals surface area (Å²) in [5, 5.41) is -0.134. The summed E-state index contributed by atoms with van der Waals surface area (Å²) in [6, 6.07) is 11.4. The van der Waals surface area contributed by atoms with E-state index in [2.05, 4.69) is 0 Å². The normalized spacial score (nSPS) is 11.7. The minimum atomic E-state index is -0.894. The average molecular weight is 336 g/mol. The van der Waals surface area contributed by atoms with Crippen molar-refractivity contribution >= 4 is 29.2 Å². The number of carbonyl (C=O) groups is 2. The van der Waals surface area contributed by atoms with Crippen LogP contribution in [0.1, 0.15) is 17.3 Å². The van der Waals surface area contributed by atoms with Crippen molar-refractivity contribution in [1.29, 1.82) is 0 Å². The van der Waals surface area contributed by atoms with Gasteiger partial charge in [0.25, 0.3) is 5.91 Å². The lowest BCUT2D eigenvalue weighted by Crippen LogP contribution is -2.44. The molecule has 23 heavy (non-hydrogen) atoms. The van der Waals surface area contributed by atoms with E-state index in [0.29, 0.717) is 11.3 Å². The summed E-state index contributed by atoms with van der Waals surface area (Å²) in [5.41, 5.74) is 0.701. The lowest BCUT2D eigenvalue weighted by molar-refractivity contribution is -0.141. The Balaban J connectivity index is 2.49. The molecule has 0 heterocycles. The molecule has 0 aliphatic carbocycles. The number of anilines is 1. The number of amides is 1. The Morgan fingerprint density at radius 2 is 1.83 bits per heavy atom. The van der Waals surface area contributed by atoms with Crippen molar-refractivity contribution in [3.05, 3.63) is 64.9 Å². The Hall–Kier alpha value is -2.40. The minimum absolute atomic E-state index is 0.134. The number of benzene rings is 2. The fourth-order valence-corrected chi connectivity index (χ4v) is 2.32. The molecule has 0 radical (unpaired) electrons. The van der Waals surface area contributed by atoms with Gasteiger partial charge in [0.2, 0.25) is 0 Å². The van der Waals surface area contributed by atoms with Gasteiger partial charge >= 0.3 is 5.97 Å². The summed E-state index contributed by atoms with van der Waals surface area (Å²) in [7, 11) is 1.24. The predicted octanol–water partition coefficient (Wildman–Crippen LogP) is 3.69. The maximum atomic E-state index is 13.4. The summed E-state index contributed by atoms with van der Waals surface area (Å²) in [6.45, 7) is 1.53. The molecule has 0 fully saturated rings. The molecule has 2 rings (SSSR count). The third-order valence-electron chi connectivity index (χ3n) is 3.35. The Bertz CT molecular complexity index is 721. The van der Waals surface area contributed by atoms with Crippen LogP contribution >= 0.6 is 11.6 Å². The van der Waals surface area contributed by atoms with Crippen molar-refractivity contribution in [2.24, 2.45) is 0 Å². The van der Waals surface area contributed by atoms with Crippen molar-refractivity contribution in [2.75, 3.05) is 12.0 Å². The second-order valence-electron chi connectivity index (χ2n) is 4.84. The van der Waals surface area contributed by atoms with Gasteiger partial charge in [-0.15, -0.1) is 0 Å². The van der Waals surface area contributed by atoms with Gasteiger partial charge in [-0.25, -0.2) is 9.18 Å². The van der Waals surface area contributed by atoms with Gasteiger partial charge in [-0.2, -0.15) is 0 Å². The van der Waals surface area contributed by atoms with Crippen LogP contribution in [0, 0.1) is 5.82 Å². The zero-order valence-electron chi connectivity index (χ0n) is 12.6. The molecule has 2 aromatic carbocycles. The molecule has 0 aliphatic rings. The first-order valence-corrected chi connectivity index (χ1v) is 7.25. The standard InChI is InChI=1S/C17H15ClFNO3/c1-11(17(22)23-2)20(13-8-9-15(19)14(18)10-13)16(21)12-6-4-3-5-7-12/h3-11H,1-2H3/t11-/m0/s1. The fourth-order valence-electron chi connectivity index (χ4n) is 2.15. The minimum Gasteiger partial charge on any atom is -0.467 e. The molecular formula is C17H15ClFNO3. The van der Waals surface area contributed by atoms with Crippen molar-refractivity contribution in [3.63, 3.8) is 0 Å². The van der Waals surface area contributed by atoms with Crippen LogP contribution in [0.5, 0.6) is 0 Å². The number of ether oxygens (including phenoxy) is 1. The van der Waals surface area contributed by atoms with Crippen molar-refractivity contribution in [2.45, 2.75) is 13.0 Å². The molecule has 120 valence electrons. The maximum absolute atomic E-state index is 13.4. The van der Waals surface area contributed by atoms with E-state index < -0.39 is 23.7 Å². The van der Waals surface area contributed by atoms with Crippen LogP contribution in [-0.2, 0) is 9.53 Å². The molecule has 0 aliphatic heterocycles. The number of hydrogen-bond donors (Lipinski definition) is 0. The van der Waals surface area contributed by atoms with Crippen molar-refractivity contribution < 1.29 is 18.7 Å². The summed E-state index contributed by atoms with van der Waals surface area (Å²) < 4.78 is 18.1. The van der Waals surface area contributed by atoms with Crippen LogP contribution in [-0.4, -0.2) is 25.0 Å². The monoisotopic (exact) mass is 335 g/mol. The molecule has 2 aromatic rings. The number of halogens is 2. The van der Waals surface area contributed by atoms with Gasteiger partial charge in [-0.3, -0.25) is 9.69 Å². The first kappa shape index (κ1) is 17.0. The number of hydrogen-bond acceptors (Lipinski definition) is 3. The van der Waals surface area contributed by atoms with E-state index in [1.54, 1.807) is 30.3 Å². The smallest absolute Gasteiger partial charge is 0.328 e. The second-order valence-corrected chi connectivity index (χ2v) is 5.25. The van der Waals surface area contributed by atoms with Crippen LogP contribution < -0.4 is 4.90 Å². The molecule has 0 saturated heterocycles. The van der Waals surface area contributed by atoms with E-state index in [-0.39, 0.29) is 5.02 Å². The van der Waals surface area contributed by atoms with Gasteiger partial charge in [0.05, 0.1) is 12.1 Å². The number of rotatable bonds is 4. The van der Waals surface area contributed by atoms with Crippen LogP contribution in [0.4, 0.5) is 10.1 Å². The molecule has 1 atom stereocenters. The third-order valence-corrected chi connectivity index (χ3v) is 3.64. The first-order valence-electron chi connectivity index (χ1n) is 6.87. The number of methoxy groups -OCH3 is 1. The van der Waals surface area contributed by atoms with Gasteiger partial charge in [0.15, 0.2) is 0 Å². The zero-order valence-corrected chi connectivity index (χ0v) is 13.4. The van der Waals surface area contributed by atoms with E-state index in [9.17, 15) is 14.0 Å². The molecule has 4 nitrogen and oxygen atoms in total. The largest absolute Gasteiger partial charge is 0.467 e. The first-order chi connectivity index (χ1) is 11.0. The van der Waals surface area contributed by atoms with E-state index in [4.69, 9.17) is 16.3 Å². The van der Waals surface area contributed by atoms with Crippen molar-refractivity contribution in [3.8, 4) is 0 Å². The molecule has 0 saturated carbocycles. The van der Waals surface area contributed by atoms with E-state index in [1.165, 1.54) is 31.1 Å². The fraction of sp³-hybridized carbons (Fsp3) is 0.176. The molecule has 0 aromatic heterocycles. The second kappa shape index (κ2) is 7.24. The highest BCUT2D eigenvalue weighted by atomic mass is 35.5. The Labute approximate surface area is 138 Å². The Morgan fingerprint density at radius 1 is 1.17 bits per heavy atom.